The number of carbonyl (C=O) groups excluding carboxylic acids is 2. The van der Waals surface area contributed by atoms with Gasteiger partial charge in [-0.2, -0.15) is 0 Å². The Bertz CT molecular complexity index is 1830. The molecule has 0 aliphatic carbocycles. The predicted octanol–water partition coefficient (Wildman–Crippen LogP) is 7.78. The van der Waals surface area contributed by atoms with Gasteiger partial charge in [-0.1, -0.05) is 91.0 Å². The first-order chi connectivity index (χ1) is 18.6. The lowest BCUT2D eigenvalue weighted by Crippen LogP contribution is -2.30. The van der Waals surface area contributed by atoms with E-state index in [-0.39, 0.29) is 11.9 Å². The van der Waals surface area contributed by atoms with E-state index in [9.17, 15) is 9.59 Å². The first-order valence-corrected chi connectivity index (χ1v) is 12.5. The van der Waals surface area contributed by atoms with E-state index in [0.29, 0.717) is 17.7 Å². The van der Waals surface area contributed by atoms with E-state index < -0.39 is 0 Å². The third kappa shape index (κ3) is 4.27. The molecule has 0 fully saturated rings. The third-order valence-corrected chi connectivity index (χ3v) is 6.98. The molecule has 38 heavy (non-hydrogen) atoms. The van der Waals surface area contributed by atoms with Crippen molar-refractivity contribution in [3.63, 3.8) is 0 Å². The molecule has 6 rings (SSSR count). The summed E-state index contributed by atoms with van der Waals surface area (Å²) in [6.45, 7) is 0.423. The lowest BCUT2D eigenvalue weighted by molar-refractivity contribution is 0.0600. The SMILES string of the molecule is COC(=O)c1ccc2cc(N(Cc3ccccc3)C(=O)c3cc4ccccc4c4ccccc34)ccc2c1. The van der Waals surface area contributed by atoms with Crippen LogP contribution in [0.15, 0.2) is 121 Å². The molecule has 6 aromatic carbocycles. The number of methoxy groups -OCH3 is 1. The zero-order valence-corrected chi connectivity index (χ0v) is 20.9. The summed E-state index contributed by atoms with van der Waals surface area (Å²) in [5.74, 6) is -0.443. The van der Waals surface area contributed by atoms with E-state index in [0.717, 1.165) is 43.6 Å². The summed E-state index contributed by atoms with van der Waals surface area (Å²) >= 11 is 0. The number of anilines is 1. The number of ether oxygens (including phenoxy) is 1. The van der Waals surface area contributed by atoms with Gasteiger partial charge in [-0.15, -0.1) is 0 Å². The van der Waals surface area contributed by atoms with Crippen LogP contribution < -0.4 is 4.90 Å². The number of carbonyl (C=O) groups is 2. The van der Waals surface area contributed by atoms with Crippen LogP contribution in [0.4, 0.5) is 5.69 Å². The van der Waals surface area contributed by atoms with Crippen molar-refractivity contribution >= 4 is 49.9 Å². The summed E-state index contributed by atoms with van der Waals surface area (Å²) in [5.41, 5.74) is 2.98. The van der Waals surface area contributed by atoms with E-state index in [1.165, 1.54) is 7.11 Å². The first-order valence-electron chi connectivity index (χ1n) is 12.5. The van der Waals surface area contributed by atoms with Crippen LogP contribution in [0, 0.1) is 0 Å². The maximum absolute atomic E-state index is 14.4. The number of fused-ring (bicyclic) bond motifs is 4. The topological polar surface area (TPSA) is 46.6 Å². The average molecular weight is 496 g/mol. The van der Waals surface area contributed by atoms with E-state index in [1.807, 2.05) is 102 Å². The molecule has 6 aromatic rings. The standard InChI is InChI=1S/C34H25NO3/c1-38-34(37)27-16-15-25-20-28(18-17-24(25)19-27)35(22-23-9-3-2-4-10-23)33(36)32-21-26-11-5-6-12-29(26)30-13-7-8-14-31(30)32/h2-21H,22H2,1H3. The highest BCUT2D eigenvalue weighted by Gasteiger charge is 2.22. The van der Waals surface area contributed by atoms with Gasteiger partial charge in [-0.3, -0.25) is 4.79 Å². The Hall–Kier alpha value is -4.96. The van der Waals surface area contributed by atoms with Crippen LogP contribution in [0.3, 0.4) is 0 Å². The van der Waals surface area contributed by atoms with Crippen LogP contribution in [0.1, 0.15) is 26.3 Å². The Kier molecular flexibility index (Phi) is 6.06. The molecule has 0 radical (unpaired) electrons. The molecule has 184 valence electrons. The lowest BCUT2D eigenvalue weighted by atomic mass is 9.96. The van der Waals surface area contributed by atoms with Crippen molar-refractivity contribution < 1.29 is 14.3 Å². The largest absolute Gasteiger partial charge is 0.465 e. The summed E-state index contributed by atoms with van der Waals surface area (Å²) in [6, 6.07) is 39.6. The van der Waals surface area contributed by atoms with Gasteiger partial charge in [-0.05, 0) is 68.2 Å². The normalized spacial score (nSPS) is 11.1. The predicted molar refractivity (Wildman–Crippen MR) is 154 cm³/mol. The fraction of sp³-hybridized carbons (Fsp3) is 0.0588. The summed E-state index contributed by atoms with van der Waals surface area (Å²) in [6.07, 6.45) is 0. The second-order valence-corrected chi connectivity index (χ2v) is 9.31. The molecule has 1 amide bonds. The number of hydrogen-bond acceptors (Lipinski definition) is 3. The quantitative estimate of drug-likeness (QED) is 0.181. The molecular weight excluding hydrogens is 470 g/mol. The van der Waals surface area contributed by atoms with Crippen LogP contribution in [-0.2, 0) is 11.3 Å². The molecule has 0 N–H and O–H groups in total. The number of nitrogens with zero attached hydrogens (tertiary/aromatic N) is 1. The van der Waals surface area contributed by atoms with Crippen molar-refractivity contribution in [3.8, 4) is 0 Å². The highest BCUT2D eigenvalue weighted by molar-refractivity contribution is 6.20. The summed E-state index contributed by atoms with van der Waals surface area (Å²) in [7, 11) is 1.37. The summed E-state index contributed by atoms with van der Waals surface area (Å²) in [5, 5.41) is 5.98. The Labute approximate surface area is 220 Å². The van der Waals surface area contributed by atoms with Crippen molar-refractivity contribution in [2.45, 2.75) is 6.54 Å². The van der Waals surface area contributed by atoms with Crippen LogP contribution in [0.5, 0.6) is 0 Å². The molecule has 0 saturated carbocycles. The molecule has 0 unspecified atom stereocenters. The zero-order chi connectivity index (χ0) is 26.1. The van der Waals surface area contributed by atoms with Crippen LogP contribution >= 0.6 is 0 Å². The minimum atomic E-state index is -0.375. The smallest absolute Gasteiger partial charge is 0.337 e. The molecule has 4 heteroatoms. The number of amides is 1. The van der Waals surface area contributed by atoms with Gasteiger partial charge in [-0.25, -0.2) is 4.79 Å². The lowest BCUT2D eigenvalue weighted by Gasteiger charge is -2.25. The van der Waals surface area contributed by atoms with E-state index >= 15 is 0 Å². The Morgan fingerprint density at radius 1 is 0.632 bits per heavy atom. The van der Waals surface area contributed by atoms with Gasteiger partial charge < -0.3 is 9.64 Å². The van der Waals surface area contributed by atoms with Crippen molar-refractivity contribution in [3.05, 3.63) is 138 Å². The van der Waals surface area contributed by atoms with Gasteiger partial charge >= 0.3 is 5.97 Å². The highest BCUT2D eigenvalue weighted by atomic mass is 16.5. The van der Waals surface area contributed by atoms with Gasteiger partial charge in [0.15, 0.2) is 0 Å². The minimum Gasteiger partial charge on any atom is -0.465 e. The van der Waals surface area contributed by atoms with Crippen LogP contribution in [0.25, 0.3) is 32.3 Å². The van der Waals surface area contributed by atoms with E-state index in [1.54, 1.807) is 6.07 Å². The number of esters is 1. The molecule has 0 atom stereocenters. The van der Waals surface area contributed by atoms with Gasteiger partial charge in [0.05, 0.1) is 19.2 Å². The number of rotatable bonds is 5. The molecule has 4 nitrogen and oxygen atoms in total. The monoisotopic (exact) mass is 495 g/mol. The van der Waals surface area contributed by atoms with Gasteiger partial charge in [0.1, 0.15) is 0 Å². The maximum atomic E-state index is 14.4. The van der Waals surface area contributed by atoms with Crippen molar-refractivity contribution in [2.75, 3.05) is 12.0 Å². The second-order valence-electron chi connectivity index (χ2n) is 9.31. The summed E-state index contributed by atoms with van der Waals surface area (Å²) in [4.78, 5) is 28.2. The highest BCUT2D eigenvalue weighted by Crippen LogP contribution is 2.32. The second kappa shape index (κ2) is 9.83. The third-order valence-electron chi connectivity index (χ3n) is 6.98. The molecule has 0 bridgehead atoms. The van der Waals surface area contributed by atoms with Gasteiger partial charge in [0.2, 0.25) is 0 Å². The summed E-state index contributed by atoms with van der Waals surface area (Å²) < 4.78 is 4.87. The first kappa shape index (κ1) is 23.4. The van der Waals surface area contributed by atoms with Crippen molar-refractivity contribution in [1.29, 1.82) is 0 Å². The molecular formula is C34H25NO3. The van der Waals surface area contributed by atoms with Gasteiger partial charge in [0.25, 0.3) is 5.91 Å². The number of hydrogen-bond donors (Lipinski definition) is 0. The fourth-order valence-electron chi connectivity index (χ4n) is 5.07. The van der Waals surface area contributed by atoms with Crippen molar-refractivity contribution in [1.82, 2.24) is 0 Å². The van der Waals surface area contributed by atoms with Gasteiger partial charge in [0, 0.05) is 11.3 Å². The van der Waals surface area contributed by atoms with E-state index in [2.05, 4.69) is 18.2 Å². The van der Waals surface area contributed by atoms with Crippen molar-refractivity contribution in [2.24, 2.45) is 0 Å². The zero-order valence-electron chi connectivity index (χ0n) is 20.9. The molecule has 0 spiro atoms. The average Bonchev–Trinajstić information content (AvgIpc) is 2.98. The molecule has 0 saturated heterocycles. The molecule has 0 heterocycles. The Morgan fingerprint density at radius 2 is 1.29 bits per heavy atom. The molecule has 0 aliphatic heterocycles. The fourth-order valence-corrected chi connectivity index (χ4v) is 5.07. The Balaban J connectivity index is 1.50. The molecule has 0 aromatic heterocycles. The number of benzene rings is 6. The van der Waals surface area contributed by atoms with Crippen LogP contribution in [0.2, 0.25) is 0 Å². The molecule has 0 aliphatic rings. The minimum absolute atomic E-state index is 0.0682. The van der Waals surface area contributed by atoms with Crippen LogP contribution in [-0.4, -0.2) is 19.0 Å². The Morgan fingerprint density at radius 3 is 2.08 bits per heavy atom. The van der Waals surface area contributed by atoms with E-state index in [4.69, 9.17) is 4.74 Å². The maximum Gasteiger partial charge on any atom is 0.337 e.